The van der Waals surface area contributed by atoms with Crippen molar-refractivity contribution in [3.05, 3.63) is 70.8 Å². The quantitative estimate of drug-likeness (QED) is 0.466. The molecule has 23 heavy (non-hydrogen) atoms. The number of nitrogens with one attached hydrogen (secondary N) is 1. The third-order valence-corrected chi connectivity index (χ3v) is 4.28. The second-order valence-corrected chi connectivity index (χ2v) is 5.94. The molecule has 0 bridgehead atoms. The van der Waals surface area contributed by atoms with Gasteiger partial charge in [-0.3, -0.25) is 4.98 Å². The van der Waals surface area contributed by atoms with Gasteiger partial charge in [-0.1, -0.05) is 47.5 Å². The number of hydrogen-bond donors (Lipinski definition) is 1. The van der Waals surface area contributed by atoms with Gasteiger partial charge in [0, 0.05) is 17.0 Å². The number of benzene rings is 2. The molecule has 3 nitrogen and oxygen atoms in total. The average molecular weight is 340 g/mol. The molecule has 2 aromatic heterocycles. The molecule has 0 saturated heterocycles. The Balaban J connectivity index is 1.87. The van der Waals surface area contributed by atoms with E-state index in [0.29, 0.717) is 21.6 Å². The van der Waals surface area contributed by atoms with Crippen LogP contribution in [0, 0.1) is 0 Å². The maximum Gasteiger partial charge on any atom is 0.131 e. The second kappa shape index (κ2) is 5.69. The molecule has 2 heterocycles. The Bertz CT molecular complexity index is 1010. The largest absolute Gasteiger partial charge is 0.338 e. The number of pyridine rings is 2. The number of hydrogen-bond acceptors (Lipinski definition) is 3. The van der Waals surface area contributed by atoms with Crippen LogP contribution in [0.4, 0.5) is 11.5 Å². The summed E-state index contributed by atoms with van der Waals surface area (Å²) in [6, 6.07) is 17.3. The molecule has 4 rings (SSSR count). The Morgan fingerprint density at radius 1 is 0.739 bits per heavy atom. The van der Waals surface area contributed by atoms with Crippen LogP contribution in [0.1, 0.15) is 0 Å². The minimum absolute atomic E-state index is 0.551. The zero-order chi connectivity index (χ0) is 15.8. The molecule has 0 saturated carbocycles. The highest BCUT2D eigenvalue weighted by Crippen LogP contribution is 2.33. The highest BCUT2D eigenvalue weighted by molar-refractivity contribution is 6.39. The van der Waals surface area contributed by atoms with Gasteiger partial charge in [0.2, 0.25) is 0 Å². The van der Waals surface area contributed by atoms with Crippen molar-refractivity contribution in [2.45, 2.75) is 0 Å². The van der Waals surface area contributed by atoms with Crippen molar-refractivity contribution in [2.75, 3.05) is 5.32 Å². The van der Waals surface area contributed by atoms with Crippen LogP contribution in [0.2, 0.25) is 10.0 Å². The van der Waals surface area contributed by atoms with Crippen molar-refractivity contribution >= 4 is 56.5 Å². The number of nitrogens with zero attached hydrogens (tertiary/aromatic N) is 2. The SMILES string of the molecule is Clc1cccc(Cl)c1Nc1ccc2ccc3cccnc3c2n1. The number of halogens is 2. The van der Waals surface area contributed by atoms with Gasteiger partial charge in [0.25, 0.3) is 0 Å². The molecule has 0 aliphatic heterocycles. The molecule has 4 aromatic rings. The van der Waals surface area contributed by atoms with Gasteiger partial charge in [0.15, 0.2) is 0 Å². The van der Waals surface area contributed by atoms with Gasteiger partial charge < -0.3 is 5.32 Å². The van der Waals surface area contributed by atoms with Gasteiger partial charge >= 0.3 is 0 Å². The summed E-state index contributed by atoms with van der Waals surface area (Å²) in [5, 5.41) is 6.39. The second-order valence-electron chi connectivity index (χ2n) is 5.13. The molecule has 112 valence electrons. The van der Waals surface area contributed by atoms with E-state index in [1.54, 1.807) is 24.4 Å². The molecule has 0 spiro atoms. The molecule has 1 N–H and O–H groups in total. The van der Waals surface area contributed by atoms with E-state index < -0.39 is 0 Å². The smallest absolute Gasteiger partial charge is 0.131 e. The van der Waals surface area contributed by atoms with Gasteiger partial charge in [0.1, 0.15) is 5.82 Å². The molecule has 0 aliphatic carbocycles. The molecule has 2 aromatic carbocycles. The first-order valence-electron chi connectivity index (χ1n) is 7.08. The van der Waals surface area contributed by atoms with Crippen LogP contribution >= 0.6 is 23.2 Å². The van der Waals surface area contributed by atoms with E-state index in [-0.39, 0.29) is 0 Å². The molecule has 0 aliphatic rings. The fraction of sp³-hybridized carbons (Fsp3) is 0. The van der Waals surface area contributed by atoms with Crippen molar-refractivity contribution in [1.29, 1.82) is 0 Å². The third-order valence-electron chi connectivity index (χ3n) is 3.65. The Hall–Kier alpha value is -2.36. The summed E-state index contributed by atoms with van der Waals surface area (Å²) in [5.41, 5.74) is 2.37. The topological polar surface area (TPSA) is 37.8 Å². The fourth-order valence-electron chi connectivity index (χ4n) is 2.54. The monoisotopic (exact) mass is 339 g/mol. The van der Waals surface area contributed by atoms with E-state index >= 15 is 0 Å². The van der Waals surface area contributed by atoms with Crippen molar-refractivity contribution in [2.24, 2.45) is 0 Å². The standard InChI is InChI=1S/C18H11Cl2N3/c19-13-4-1-5-14(20)18(13)23-15-9-8-12-7-6-11-3-2-10-21-16(11)17(12)22-15/h1-10H,(H,22,23). The number of para-hydroxylation sites is 1. The molecular weight excluding hydrogens is 329 g/mol. The minimum atomic E-state index is 0.551. The predicted molar refractivity (Wildman–Crippen MR) is 96.8 cm³/mol. The number of anilines is 2. The summed E-state index contributed by atoms with van der Waals surface area (Å²) in [5.74, 6) is 0.672. The molecule has 0 atom stereocenters. The maximum absolute atomic E-state index is 6.21. The fourth-order valence-corrected chi connectivity index (χ4v) is 3.03. The van der Waals surface area contributed by atoms with Gasteiger partial charge in [-0.25, -0.2) is 4.98 Å². The summed E-state index contributed by atoms with van der Waals surface area (Å²) in [6.07, 6.45) is 1.77. The van der Waals surface area contributed by atoms with Gasteiger partial charge in [-0.15, -0.1) is 0 Å². The van der Waals surface area contributed by atoms with E-state index in [1.165, 1.54) is 0 Å². The van der Waals surface area contributed by atoms with E-state index in [9.17, 15) is 0 Å². The first-order valence-corrected chi connectivity index (χ1v) is 7.83. The molecule has 5 heteroatoms. The first kappa shape index (κ1) is 14.2. The first-order chi connectivity index (χ1) is 11.2. The molecule has 0 radical (unpaired) electrons. The lowest BCUT2D eigenvalue weighted by molar-refractivity contribution is 1.35. The lowest BCUT2D eigenvalue weighted by Gasteiger charge is -2.10. The van der Waals surface area contributed by atoms with Crippen LogP contribution in [0.15, 0.2) is 60.8 Å². The van der Waals surface area contributed by atoms with Crippen molar-refractivity contribution in [3.63, 3.8) is 0 Å². The van der Waals surface area contributed by atoms with Crippen LogP contribution in [-0.2, 0) is 0 Å². The minimum Gasteiger partial charge on any atom is -0.338 e. The van der Waals surface area contributed by atoms with Gasteiger partial charge in [-0.2, -0.15) is 0 Å². The maximum atomic E-state index is 6.21. The van der Waals surface area contributed by atoms with Crippen molar-refractivity contribution in [3.8, 4) is 0 Å². The van der Waals surface area contributed by atoms with Crippen molar-refractivity contribution < 1.29 is 0 Å². The van der Waals surface area contributed by atoms with E-state index in [1.807, 2.05) is 36.4 Å². The molecule has 0 unspecified atom stereocenters. The summed E-state index contributed by atoms with van der Waals surface area (Å²) in [7, 11) is 0. The van der Waals surface area contributed by atoms with Crippen molar-refractivity contribution in [1.82, 2.24) is 9.97 Å². The Kier molecular flexibility index (Phi) is 3.52. The van der Waals surface area contributed by atoms with E-state index in [0.717, 1.165) is 21.8 Å². The van der Waals surface area contributed by atoms with Gasteiger partial charge in [-0.05, 0) is 30.3 Å². The summed E-state index contributed by atoms with van der Waals surface area (Å²) in [6.45, 7) is 0. The Morgan fingerprint density at radius 2 is 1.43 bits per heavy atom. The molecular formula is C18H11Cl2N3. The number of aromatic nitrogens is 2. The summed E-state index contributed by atoms with van der Waals surface area (Å²) >= 11 is 12.4. The highest BCUT2D eigenvalue weighted by Gasteiger charge is 2.08. The van der Waals surface area contributed by atoms with Crippen LogP contribution < -0.4 is 5.32 Å². The lowest BCUT2D eigenvalue weighted by Crippen LogP contribution is -1.96. The average Bonchev–Trinajstić information content (AvgIpc) is 2.58. The summed E-state index contributed by atoms with van der Waals surface area (Å²) < 4.78 is 0. The van der Waals surface area contributed by atoms with Crippen LogP contribution in [0.25, 0.3) is 21.8 Å². The zero-order valence-electron chi connectivity index (χ0n) is 11.9. The number of rotatable bonds is 2. The van der Waals surface area contributed by atoms with Crippen LogP contribution in [0.5, 0.6) is 0 Å². The Labute approximate surface area is 142 Å². The van der Waals surface area contributed by atoms with E-state index in [4.69, 9.17) is 23.2 Å². The predicted octanol–water partition coefficient (Wildman–Crippen LogP) is 5.83. The van der Waals surface area contributed by atoms with Gasteiger partial charge in [0.05, 0.1) is 26.8 Å². The summed E-state index contributed by atoms with van der Waals surface area (Å²) in [4.78, 5) is 9.14. The normalized spacial score (nSPS) is 11.0. The lowest BCUT2D eigenvalue weighted by atomic mass is 10.1. The van der Waals surface area contributed by atoms with Crippen LogP contribution in [0.3, 0.4) is 0 Å². The van der Waals surface area contributed by atoms with Crippen LogP contribution in [-0.4, -0.2) is 9.97 Å². The Morgan fingerprint density at radius 3 is 2.22 bits per heavy atom. The number of fused-ring (bicyclic) bond motifs is 3. The third kappa shape index (κ3) is 2.58. The molecule has 0 fully saturated rings. The van der Waals surface area contributed by atoms with E-state index in [2.05, 4.69) is 15.3 Å². The highest BCUT2D eigenvalue weighted by atomic mass is 35.5. The zero-order valence-corrected chi connectivity index (χ0v) is 13.4. The molecule has 0 amide bonds.